The number of ether oxygens (including phenoxy) is 1. The number of benzene rings is 2. The zero-order valence-electron chi connectivity index (χ0n) is 44.8. The van der Waals surface area contributed by atoms with Gasteiger partial charge in [0.2, 0.25) is 17.2 Å². The van der Waals surface area contributed by atoms with Crippen LogP contribution in [-0.2, 0) is 47.1 Å². The van der Waals surface area contributed by atoms with Crippen LogP contribution in [0.3, 0.4) is 0 Å². The molecule has 0 spiro atoms. The normalized spacial score (nSPS) is 14.6. The Balaban J connectivity index is 0.000000153. The highest BCUT2D eigenvalue weighted by atomic mass is 35.5. The molecule has 3 saturated carbocycles. The fourth-order valence-corrected chi connectivity index (χ4v) is 10.8. The van der Waals surface area contributed by atoms with Crippen molar-refractivity contribution in [3.05, 3.63) is 119 Å². The molecule has 5 N–H and O–H groups in total. The number of hydrogen-bond donors (Lipinski definition) is 5. The van der Waals surface area contributed by atoms with E-state index >= 15 is 0 Å². The summed E-state index contributed by atoms with van der Waals surface area (Å²) < 4.78 is 9.71. The molecule has 2 aromatic carbocycles. The van der Waals surface area contributed by atoms with Crippen molar-refractivity contribution in [1.82, 2.24) is 58.6 Å². The molecule has 6 heterocycles. The minimum absolute atomic E-state index is 0.0370. The molecular weight excluding hydrogens is 1020 g/mol. The van der Waals surface area contributed by atoms with E-state index in [4.69, 9.17) is 25.9 Å². The van der Waals surface area contributed by atoms with Gasteiger partial charge in [0, 0.05) is 50.5 Å². The Labute approximate surface area is 455 Å². The summed E-state index contributed by atoms with van der Waals surface area (Å²) in [5.41, 5.74) is 6.08. The van der Waals surface area contributed by atoms with E-state index in [0.717, 1.165) is 86.4 Å². The second kappa shape index (κ2) is 27.0. The second-order valence-corrected chi connectivity index (χ2v) is 20.5. The van der Waals surface area contributed by atoms with Crippen LogP contribution >= 0.6 is 11.6 Å². The van der Waals surface area contributed by atoms with Gasteiger partial charge in [-0.05, 0) is 99.6 Å². The zero-order chi connectivity index (χ0) is 55.1. The lowest BCUT2D eigenvalue weighted by Gasteiger charge is -2.13. The van der Waals surface area contributed by atoms with Crippen LogP contribution in [0.15, 0.2) is 62.9 Å². The van der Waals surface area contributed by atoms with Crippen molar-refractivity contribution in [3.8, 4) is 5.75 Å². The Hall–Kier alpha value is -7.77. The number of carbonyl (C=O) groups excluding carboxylic acids is 3. The van der Waals surface area contributed by atoms with Crippen LogP contribution < -0.4 is 32.0 Å². The highest BCUT2D eigenvalue weighted by molar-refractivity contribution is 6.28. The first-order chi connectivity index (χ1) is 38.0. The van der Waals surface area contributed by atoms with Gasteiger partial charge in [0.1, 0.15) is 23.2 Å². The molecule has 3 aliphatic carbocycles. The smallest absolute Gasteiger partial charge is 0.373 e. The average Bonchev–Trinajstić information content (AvgIpc) is 4.41. The van der Waals surface area contributed by atoms with Crippen LogP contribution in [-0.4, -0.2) is 71.2 Å². The number of rotatable bonds is 17. The van der Waals surface area contributed by atoms with Crippen molar-refractivity contribution in [2.45, 2.75) is 174 Å². The number of aromatic amines is 3. The van der Waals surface area contributed by atoms with Crippen LogP contribution in [0.5, 0.6) is 5.75 Å². The third-order valence-electron chi connectivity index (χ3n) is 14.5. The van der Waals surface area contributed by atoms with Crippen molar-refractivity contribution in [2.24, 2.45) is 0 Å². The maximum absolute atomic E-state index is 13.1. The summed E-state index contributed by atoms with van der Waals surface area (Å²) in [5, 5.41) is 6.83. The summed E-state index contributed by atoms with van der Waals surface area (Å²) in [7, 11) is 0. The predicted octanol–water partition coefficient (Wildman–Crippen LogP) is 9.70. The summed E-state index contributed by atoms with van der Waals surface area (Å²) >= 11 is 6.05. The highest BCUT2D eigenvalue weighted by Crippen LogP contribution is 2.35. The number of fused-ring (bicyclic) bond motifs is 3. The zero-order valence-corrected chi connectivity index (χ0v) is 45.6. The van der Waals surface area contributed by atoms with Crippen molar-refractivity contribution in [1.29, 1.82) is 0 Å². The van der Waals surface area contributed by atoms with Gasteiger partial charge in [-0.15, -0.1) is 0 Å². The summed E-state index contributed by atoms with van der Waals surface area (Å²) in [6.45, 7) is 11.5. The highest BCUT2D eigenvalue weighted by Gasteiger charge is 2.26. The number of H-pyrrole nitrogens is 3. The Kier molecular flexibility index (Phi) is 19.5. The topological polar surface area (TPSA) is 275 Å². The fraction of sp³-hybridized carbons (Fsp3) is 0.482. The van der Waals surface area contributed by atoms with E-state index in [-0.39, 0.29) is 28.1 Å². The monoisotopic (exact) mass is 1080 g/mol. The van der Waals surface area contributed by atoms with Crippen molar-refractivity contribution < 1.29 is 19.1 Å². The molecule has 0 radical (unpaired) electrons. The SMILES string of the molecule is CCCn1c(Cl)nc2nc(C3CCCC3)[nH]c2c1=O.CCCn1c(NCc2ccc(C)cc2)nc2nc(C3CCCC3)[nH]c2c1=O.CCCn1c(NCc2ccc(OC=O)cc2)nc2nc(C3CCCC3)[nH]c2c1=O.O=C=O. The van der Waals surface area contributed by atoms with Crippen molar-refractivity contribution in [2.75, 3.05) is 10.6 Å². The molecule has 0 unspecified atom stereocenters. The number of aryl methyl sites for hydroxylation is 1. The van der Waals surface area contributed by atoms with E-state index in [1.54, 1.807) is 21.3 Å². The lowest BCUT2D eigenvalue weighted by molar-refractivity contribution is -0.191. The Bertz CT molecular complexity index is 3500. The van der Waals surface area contributed by atoms with Gasteiger partial charge in [0.15, 0.2) is 33.5 Å². The van der Waals surface area contributed by atoms with E-state index in [2.05, 4.69) is 93.6 Å². The number of nitrogens with one attached hydrogen (secondary N) is 5. The van der Waals surface area contributed by atoms with Crippen LogP contribution in [0.25, 0.3) is 33.5 Å². The van der Waals surface area contributed by atoms with Crippen LogP contribution in [0, 0.1) is 6.92 Å². The number of aromatic nitrogens is 12. The van der Waals surface area contributed by atoms with Gasteiger partial charge in [0.05, 0.1) is 0 Å². The van der Waals surface area contributed by atoms with E-state index in [1.165, 1.54) is 48.7 Å². The Morgan fingerprint density at radius 1 is 0.564 bits per heavy atom. The number of carbonyl (C=O) groups is 1. The van der Waals surface area contributed by atoms with Crippen LogP contribution in [0.1, 0.15) is 169 Å². The number of anilines is 2. The molecule has 6 aromatic heterocycles. The number of hydrogen-bond acceptors (Lipinski definition) is 15. The maximum Gasteiger partial charge on any atom is 0.373 e. The Morgan fingerprint density at radius 2 is 0.910 bits per heavy atom. The minimum Gasteiger partial charge on any atom is -0.429 e. The minimum atomic E-state index is -0.117. The predicted molar refractivity (Wildman–Crippen MR) is 298 cm³/mol. The molecule has 0 saturated heterocycles. The quantitative estimate of drug-likeness (QED) is 0.0419. The summed E-state index contributed by atoms with van der Waals surface area (Å²) in [6, 6.07) is 15.5. The largest absolute Gasteiger partial charge is 0.429 e. The van der Waals surface area contributed by atoms with E-state index < -0.39 is 0 Å². The Morgan fingerprint density at radius 3 is 1.28 bits per heavy atom. The number of nitrogens with zero attached hydrogens (tertiary/aromatic N) is 9. The van der Waals surface area contributed by atoms with Crippen molar-refractivity contribution in [3.63, 3.8) is 0 Å². The molecule has 0 bridgehead atoms. The van der Waals surface area contributed by atoms with Crippen LogP contribution in [0.4, 0.5) is 11.9 Å². The van der Waals surface area contributed by atoms with Crippen LogP contribution in [0.2, 0.25) is 5.28 Å². The molecule has 0 atom stereocenters. The average molecular weight is 1090 g/mol. The van der Waals surface area contributed by atoms with Crippen molar-refractivity contribution >= 4 is 69.6 Å². The third kappa shape index (κ3) is 13.5. The van der Waals surface area contributed by atoms with Gasteiger partial charge < -0.3 is 30.3 Å². The first-order valence-corrected chi connectivity index (χ1v) is 27.7. The van der Waals surface area contributed by atoms with Gasteiger partial charge >= 0.3 is 6.15 Å². The molecular formula is C56H69ClN14O7. The molecule has 3 fully saturated rings. The lowest BCUT2D eigenvalue weighted by atomic mass is 10.1. The van der Waals surface area contributed by atoms with Gasteiger partial charge in [-0.1, -0.05) is 101 Å². The summed E-state index contributed by atoms with van der Waals surface area (Å²) in [6.07, 6.45) is 16.9. The molecule has 22 heteroatoms. The number of halogens is 1. The molecule has 78 heavy (non-hydrogen) atoms. The van der Waals surface area contributed by atoms with E-state index in [9.17, 15) is 19.2 Å². The lowest BCUT2D eigenvalue weighted by Crippen LogP contribution is -2.25. The third-order valence-corrected chi connectivity index (χ3v) is 14.8. The molecule has 3 aliphatic rings. The molecule has 21 nitrogen and oxygen atoms in total. The summed E-state index contributed by atoms with van der Waals surface area (Å²) in [4.78, 5) is 102. The van der Waals surface area contributed by atoms with Gasteiger partial charge in [-0.3, -0.25) is 32.9 Å². The molecule has 412 valence electrons. The summed E-state index contributed by atoms with van der Waals surface area (Å²) in [5.74, 6) is 5.56. The van der Waals surface area contributed by atoms with E-state index in [0.29, 0.717) is 108 Å². The van der Waals surface area contributed by atoms with E-state index in [1.807, 2.05) is 26.0 Å². The standard InChI is InChI=1S/C21H25N5O3.C21H27N5O.C13H17ClN4O.CO2/c1-2-11-26-20(28)17-19(24-18(23-17)15-5-3-4-6-15)25-21(26)22-12-14-7-9-16(10-8-14)29-13-27;1-3-12-26-20(27)17-19(24-18(23-17)16-6-4-5-7-16)25-21(26)22-13-15-10-8-14(2)9-11-15;1-2-7-18-12(19)9-11(17-13(18)14)16-10(15-9)8-5-3-4-6-8;2-1-3/h7-10,13,15H,2-6,11-12H2,1H3,(H,22,25)(H,23,24);8-11,16H,3-7,12-13H2,1-2H3,(H,22,25)(H,23,24);8H,2-7H2,1H3,(H,15,16);. The van der Waals surface area contributed by atoms with Gasteiger partial charge in [-0.2, -0.15) is 24.5 Å². The van der Waals surface area contributed by atoms with Gasteiger partial charge in [0.25, 0.3) is 23.2 Å². The second-order valence-electron chi connectivity index (χ2n) is 20.2. The first kappa shape index (κ1) is 56.4. The number of imidazole rings is 3. The molecule has 8 aromatic rings. The molecule has 0 amide bonds. The first-order valence-electron chi connectivity index (χ1n) is 27.4. The molecule has 11 rings (SSSR count). The fourth-order valence-electron chi connectivity index (χ4n) is 10.5. The maximum atomic E-state index is 13.1. The molecule has 0 aliphatic heterocycles. The van der Waals surface area contributed by atoms with Gasteiger partial charge in [-0.25, -0.2) is 15.0 Å².